The Morgan fingerprint density at radius 1 is 1.42 bits per heavy atom. The van der Waals surface area contributed by atoms with Crippen LogP contribution in [0, 0.1) is 11.8 Å². The Balaban J connectivity index is 2.38. The van der Waals surface area contributed by atoms with Crippen LogP contribution in [-0.2, 0) is 0 Å². The Bertz CT molecular complexity index is 160. The van der Waals surface area contributed by atoms with E-state index in [0.29, 0.717) is 4.99 Å². The van der Waals surface area contributed by atoms with Crippen LogP contribution < -0.4 is 5.73 Å². The molecule has 3 heteroatoms. The molecule has 1 rings (SSSR count). The summed E-state index contributed by atoms with van der Waals surface area (Å²) in [6.45, 7) is 7.69. The first-order valence-electron chi connectivity index (χ1n) is 4.58. The van der Waals surface area contributed by atoms with E-state index in [0.717, 1.165) is 31.5 Å². The highest BCUT2D eigenvalue weighted by Crippen LogP contribution is 2.20. The number of piperidine rings is 1. The van der Waals surface area contributed by atoms with Gasteiger partial charge in [0.15, 0.2) is 0 Å². The molecule has 0 aromatic carbocycles. The fraction of sp³-hybridized carbons (Fsp3) is 0.889. The zero-order valence-electron chi connectivity index (χ0n) is 7.92. The lowest BCUT2D eigenvalue weighted by atomic mass is 9.92. The van der Waals surface area contributed by atoms with Gasteiger partial charge >= 0.3 is 0 Å². The highest BCUT2D eigenvalue weighted by molar-refractivity contribution is 7.80. The summed E-state index contributed by atoms with van der Waals surface area (Å²) in [7, 11) is 0. The van der Waals surface area contributed by atoms with Crippen LogP contribution in [-0.4, -0.2) is 29.5 Å². The third-order valence-corrected chi connectivity index (χ3v) is 2.45. The zero-order chi connectivity index (χ0) is 9.14. The quantitative estimate of drug-likeness (QED) is 0.658. The summed E-state index contributed by atoms with van der Waals surface area (Å²) in [5.41, 5.74) is 5.50. The Morgan fingerprint density at radius 2 is 1.92 bits per heavy atom. The first-order valence-corrected chi connectivity index (χ1v) is 4.99. The van der Waals surface area contributed by atoms with Crippen molar-refractivity contribution in [3.8, 4) is 0 Å². The van der Waals surface area contributed by atoms with Crippen molar-refractivity contribution in [2.75, 3.05) is 19.6 Å². The minimum absolute atomic E-state index is 0.622. The van der Waals surface area contributed by atoms with Gasteiger partial charge in [-0.3, -0.25) is 4.90 Å². The van der Waals surface area contributed by atoms with Gasteiger partial charge in [-0.2, -0.15) is 0 Å². The lowest BCUT2D eigenvalue weighted by molar-refractivity contribution is 0.159. The molecule has 12 heavy (non-hydrogen) atoms. The number of thiocarbonyl (C=S) groups is 1. The molecule has 0 aliphatic carbocycles. The van der Waals surface area contributed by atoms with Crippen LogP contribution >= 0.6 is 12.2 Å². The molecule has 1 saturated heterocycles. The van der Waals surface area contributed by atoms with Crippen molar-refractivity contribution < 1.29 is 0 Å². The highest BCUT2D eigenvalue weighted by Gasteiger charge is 2.21. The van der Waals surface area contributed by atoms with Crippen molar-refractivity contribution in [3.05, 3.63) is 0 Å². The molecule has 2 atom stereocenters. The van der Waals surface area contributed by atoms with Crippen LogP contribution in [0.3, 0.4) is 0 Å². The van der Waals surface area contributed by atoms with Gasteiger partial charge in [-0.1, -0.05) is 26.1 Å². The van der Waals surface area contributed by atoms with Crippen molar-refractivity contribution in [2.24, 2.45) is 17.6 Å². The normalized spacial score (nSPS) is 31.8. The van der Waals surface area contributed by atoms with Crippen LogP contribution in [0.4, 0.5) is 0 Å². The Labute approximate surface area is 80.1 Å². The topological polar surface area (TPSA) is 29.3 Å². The van der Waals surface area contributed by atoms with E-state index in [9.17, 15) is 0 Å². The summed E-state index contributed by atoms with van der Waals surface area (Å²) in [5, 5.41) is 0. The van der Waals surface area contributed by atoms with E-state index in [4.69, 9.17) is 18.0 Å². The second-order valence-corrected chi connectivity index (χ2v) is 4.63. The molecule has 1 heterocycles. The maximum Gasteiger partial charge on any atom is 0.0870 e. The van der Waals surface area contributed by atoms with Gasteiger partial charge in [-0.15, -0.1) is 0 Å². The van der Waals surface area contributed by atoms with E-state index in [1.54, 1.807) is 0 Å². The third-order valence-electron chi connectivity index (χ3n) is 2.32. The number of nitrogens with zero attached hydrogens (tertiary/aromatic N) is 1. The summed E-state index contributed by atoms with van der Waals surface area (Å²) in [5.74, 6) is 1.59. The predicted octanol–water partition coefficient (Wildman–Crippen LogP) is 1.25. The molecule has 1 aliphatic rings. The first-order chi connectivity index (χ1) is 5.58. The number of hydrogen-bond acceptors (Lipinski definition) is 2. The van der Waals surface area contributed by atoms with Crippen molar-refractivity contribution in [3.63, 3.8) is 0 Å². The molecule has 2 N–H and O–H groups in total. The maximum absolute atomic E-state index is 5.50. The van der Waals surface area contributed by atoms with Crippen LogP contribution in [0.25, 0.3) is 0 Å². The molecule has 0 amide bonds. The van der Waals surface area contributed by atoms with Gasteiger partial charge in [0.05, 0.1) is 4.99 Å². The van der Waals surface area contributed by atoms with E-state index in [1.165, 1.54) is 6.42 Å². The highest BCUT2D eigenvalue weighted by atomic mass is 32.1. The average molecular weight is 186 g/mol. The molecule has 1 aliphatic heterocycles. The number of hydrogen-bond donors (Lipinski definition) is 1. The van der Waals surface area contributed by atoms with Gasteiger partial charge in [0.1, 0.15) is 0 Å². The summed E-state index contributed by atoms with van der Waals surface area (Å²) in [6.07, 6.45) is 1.34. The largest absolute Gasteiger partial charge is 0.392 e. The molecule has 0 aromatic heterocycles. The smallest absolute Gasteiger partial charge is 0.0870 e. The minimum atomic E-state index is 0.622. The number of likely N-dealkylation sites (tertiary alicyclic amines) is 1. The van der Waals surface area contributed by atoms with Crippen molar-refractivity contribution >= 4 is 17.2 Å². The first kappa shape index (κ1) is 9.93. The lowest BCUT2D eigenvalue weighted by Crippen LogP contribution is -2.42. The molecule has 0 saturated carbocycles. The molecule has 2 nitrogen and oxygen atoms in total. The number of nitrogens with two attached hydrogens (primary N) is 1. The molecular formula is C9H18N2S. The summed E-state index contributed by atoms with van der Waals surface area (Å²) in [6, 6.07) is 0. The zero-order valence-corrected chi connectivity index (χ0v) is 8.73. The van der Waals surface area contributed by atoms with Crippen LogP contribution in [0.15, 0.2) is 0 Å². The van der Waals surface area contributed by atoms with Crippen LogP contribution in [0.2, 0.25) is 0 Å². The fourth-order valence-corrected chi connectivity index (χ4v) is 2.32. The Kier molecular flexibility index (Phi) is 3.47. The molecule has 70 valence electrons. The molecule has 0 aromatic rings. The monoisotopic (exact) mass is 186 g/mol. The maximum atomic E-state index is 5.50. The fourth-order valence-electron chi connectivity index (χ4n) is 2.14. The van der Waals surface area contributed by atoms with Gasteiger partial charge in [0, 0.05) is 19.6 Å². The van der Waals surface area contributed by atoms with Gasteiger partial charge in [-0.05, 0) is 18.3 Å². The van der Waals surface area contributed by atoms with E-state index in [-0.39, 0.29) is 0 Å². The molecule has 2 unspecified atom stereocenters. The third kappa shape index (κ3) is 3.07. The molecule has 0 bridgehead atoms. The summed E-state index contributed by atoms with van der Waals surface area (Å²) in [4.78, 5) is 2.98. The Hall–Kier alpha value is -0.150. The SMILES string of the molecule is CC1CC(C)CN(CC(N)=S)C1. The molecule has 1 fully saturated rings. The summed E-state index contributed by atoms with van der Waals surface area (Å²) >= 11 is 4.89. The Morgan fingerprint density at radius 3 is 2.33 bits per heavy atom. The standard InChI is InChI=1S/C9H18N2S/c1-7-3-8(2)5-11(4-7)6-9(10)12/h7-8H,3-6H2,1-2H3,(H2,10,12). The van der Waals surface area contributed by atoms with Gasteiger partial charge in [0.25, 0.3) is 0 Å². The second kappa shape index (κ2) is 4.19. The summed E-state index contributed by atoms with van der Waals surface area (Å²) < 4.78 is 0. The van der Waals surface area contributed by atoms with Crippen molar-refractivity contribution in [1.82, 2.24) is 4.90 Å². The van der Waals surface area contributed by atoms with Crippen molar-refractivity contribution in [2.45, 2.75) is 20.3 Å². The van der Waals surface area contributed by atoms with Crippen LogP contribution in [0.5, 0.6) is 0 Å². The van der Waals surface area contributed by atoms with Crippen LogP contribution in [0.1, 0.15) is 20.3 Å². The average Bonchev–Trinajstić information content (AvgIpc) is 1.81. The van der Waals surface area contributed by atoms with Gasteiger partial charge < -0.3 is 5.73 Å². The van der Waals surface area contributed by atoms with E-state index >= 15 is 0 Å². The second-order valence-electron chi connectivity index (χ2n) is 4.11. The lowest BCUT2D eigenvalue weighted by Gasteiger charge is -2.34. The predicted molar refractivity (Wildman–Crippen MR) is 56.2 cm³/mol. The molecule has 0 radical (unpaired) electrons. The van der Waals surface area contributed by atoms with Gasteiger partial charge in [0.2, 0.25) is 0 Å². The van der Waals surface area contributed by atoms with E-state index in [1.807, 2.05) is 0 Å². The molecular weight excluding hydrogens is 168 g/mol. The van der Waals surface area contributed by atoms with E-state index < -0.39 is 0 Å². The molecule has 0 spiro atoms. The van der Waals surface area contributed by atoms with E-state index in [2.05, 4.69) is 18.7 Å². The van der Waals surface area contributed by atoms with Gasteiger partial charge in [-0.25, -0.2) is 0 Å². The number of rotatable bonds is 2. The van der Waals surface area contributed by atoms with Crippen molar-refractivity contribution in [1.29, 1.82) is 0 Å². The minimum Gasteiger partial charge on any atom is -0.392 e.